The Balaban J connectivity index is 0.000000295. The minimum Gasteiger partial charge on any atom is -0.748 e. The largest absolute Gasteiger partial charge is 0.748 e. The number of Topliss-reactive ketones (excluding diaryl/α,β-unsaturated/α-hetero) is 1. The zero-order valence-corrected chi connectivity index (χ0v) is 15.6. The van der Waals surface area contributed by atoms with E-state index in [0.29, 0.717) is 12.8 Å². The molecule has 0 heterocycles. The standard InChI is InChI=1S/C10H16O4S.C6H16N/c1-9(2)7-3-4-10(9,8(11)5-7)6-15(12,13)14;1-5-7(3,4)6-2/h7H,3-6H2,1-2H3,(H,12,13,14);5-6H2,1-4H3/q;+1/p-1. The number of carbonyl (C=O) groups excluding carboxylic acids is 1. The molecule has 0 saturated heterocycles. The minimum atomic E-state index is -4.33. The first-order valence-electron chi connectivity index (χ1n) is 8.10. The summed E-state index contributed by atoms with van der Waals surface area (Å²) in [6.07, 6.45) is 1.88. The highest BCUT2D eigenvalue weighted by Gasteiger charge is 2.64. The van der Waals surface area contributed by atoms with Gasteiger partial charge in [0.25, 0.3) is 0 Å². The normalized spacial score (nSPS) is 30.1. The highest BCUT2D eigenvalue weighted by molar-refractivity contribution is 7.85. The van der Waals surface area contributed by atoms with E-state index in [1.165, 1.54) is 13.1 Å². The van der Waals surface area contributed by atoms with Gasteiger partial charge >= 0.3 is 0 Å². The van der Waals surface area contributed by atoms with Crippen LogP contribution in [0.15, 0.2) is 0 Å². The first kappa shape index (κ1) is 19.6. The SMILES string of the molecule is CC1(C)C2CCC1(CS(=O)(=O)[O-])C(=O)C2.CC[N+](C)(C)CC. The topological polar surface area (TPSA) is 74.3 Å². The van der Waals surface area contributed by atoms with E-state index in [1.807, 2.05) is 13.8 Å². The molecule has 0 aromatic carbocycles. The average molecular weight is 333 g/mol. The molecule has 6 heteroatoms. The summed E-state index contributed by atoms with van der Waals surface area (Å²) in [5.74, 6) is -0.280. The summed E-state index contributed by atoms with van der Waals surface area (Å²) in [5.41, 5.74) is -1.22. The molecule has 2 atom stereocenters. The van der Waals surface area contributed by atoms with E-state index in [2.05, 4.69) is 27.9 Å². The molecule has 2 fully saturated rings. The first-order chi connectivity index (χ1) is 9.81. The van der Waals surface area contributed by atoms with Gasteiger partial charge in [-0.25, -0.2) is 8.42 Å². The predicted octanol–water partition coefficient (Wildman–Crippen LogP) is 2.03. The summed E-state index contributed by atoms with van der Waals surface area (Å²) in [7, 11) is 0.146. The van der Waals surface area contributed by atoms with Crippen molar-refractivity contribution in [1.82, 2.24) is 0 Å². The van der Waals surface area contributed by atoms with Crippen molar-refractivity contribution < 1.29 is 22.2 Å². The summed E-state index contributed by atoms with van der Waals surface area (Å²) in [5, 5.41) is 0. The van der Waals surface area contributed by atoms with Crippen LogP contribution in [0.2, 0.25) is 0 Å². The average Bonchev–Trinajstić information content (AvgIpc) is 2.71. The van der Waals surface area contributed by atoms with Gasteiger partial charge in [0.05, 0.1) is 43.1 Å². The Morgan fingerprint density at radius 1 is 1.23 bits per heavy atom. The summed E-state index contributed by atoms with van der Waals surface area (Å²) in [6, 6.07) is 0. The Labute approximate surface area is 135 Å². The molecule has 0 aromatic rings. The number of carbonyl (C=O) groups is 1. The van der Waals surface area contributed by atoms with Crippen LogP contribution in [0.4, 0.5) is 0 Å². The number of quaternary nitrogens is 1. The monoisotopic (exact) mass is 333 g/mol. The van der Waals surface area contributed by atoms with Crippen LogP contribution < -0.4 is 0 Å². The van der Waals surface area contributed by atoms with Gasteiger partial charge in [-0.05, 0) is 38.0 Å². The number of hydrogen-bond acceptors (Lipinski definition) is 4. The number of fused-ring (bicyclic) bond motifs is 2. The van der Waals surface area contributed by atoms with Crippen LogP contribution in [0.3, 0.4) is 0 Å². The van der Waals surface area contributed by atoms with Gasteiger partial charge in [-0.2, -0.15) is 0 Å². The smallest absolute Gasteiger partial charge is 0.140 e. The fraction of sp³-hybridized carbons (Fsp3) is 0.938. The molecule has 22 heavy (non-hydrogen) atoms. The lowest BCUT2D eigenvalue weighted by atomic mass is 9.70. The van der Waals surface area contributed by atoms with E-state index in [1.54, 1.807) is 0 Å². The molecular weight excluding hydrogens is 302 g/mol. The van der Waals surface area contributed by atoms with Crippen LogP contribution in [-0.4, -0.2) is 56.2 Å². The number of nitrogens with zero attached hydrogens (tertiary/aromatic N) is 1. The molecule has 2 saturated carbocycles. The molecule has 0 aliphatic heterocycles. The van der Waals surface area contributed by atoms with Gasteiger partial charge < -0.3 is 9.04 Å². The van der Waals surface area contributed by atoms with Crippen LogP contribution in [0.1, 0.15) is 47.0 Å². The van der Waals surface area contributed by atoms with Gasteiger partial charge in [-0.1, -0.05) is 13.8 Å². The van der Waals surface area contributed by atoms with Crippen molar-refractivity contribution >= 4 is 15.9 Å². The second-order valence-corrected chi connectivity index (χ2v) is 9.34. The summed E-state index contributed by atoms with van der Waals surface area (Å²) in [4.78, 5) is 11.8. The van der Waals surface area contributed by atoms with Crippen molar-refractivity contribution in [2.75, 3.05) is 32.9 Å². The third-order valence-electron chi connectivity index (χ3n) is 6.27. The van der Waals surface area contributed by atoms with Crippen molar-refractivity contribution in [2.45, 2.75) is 47.0 Å². The van der Waals surface area contributed by atoms with Crippen molar-refractivity contribution in [2.24, 2.45) is 16.7 Å². The van der Waals surface area contributed by atoms with Crippen LogP contribution in [0, 0.1) is 16.7 Å². The van der Waals surface area contributed by atoms with E-state index < -0.39 is 21.3 Å². The lowest BCUT2D eigenvalue weighted by molar-refractivity contribution is -0.886. The maximum absolute atomic E-state index is 11.8. The Morgan fingerprint density at radius 3 is 1.95 bits per heavy atom. The minimum absolute atomic E-state index is 0.0248. The Hall–Kier alpha value is -0.460. The molecule has 2 unspecified atom stereocenters. The molecule has 0 amide bonds. The van der Waals surface area contributed by atoms with E-state index in [4.69, 9.17) is 0 Å². The lowest BCUT2D eigenvalue weighted by Crippen LogP contribution is -2.42. The van der Waals surface area contributed by atoms with E-state index in [9.17, 15) is 17.8 Å². The summed E-state index contributed by atoms with van der Waals surface area (Å²) in [6.45, 7) is 10.7. The zero-order valence-electron chi connectivity index (χ0n) is 14.8. The van der Waals surface area contributed by atoms with Crippen molar-refractivity contribution in [3.05, 3.63) is 0 Å². The van der Waals surface area contributed by atoms with Gasteiger partial charge in [-0.3, -0.25) is 4.79 Å². The number of hydrogen-bond donors (Lipinski definition) is 0. The van der Waals surface area contributed by atoms with Crippen LogP contribution in [0.5, 0.6) is 0 Å². The van der Waals surface area contributed by atoms with Gasteiger partial charge in [0.2, 0.25) is 0 Å². The molecule has 0 aromatic heterocycles. The van der Waals surface area contributed by atoms with Gasteiger partial charge in [0.15, 0.2) is 0 Å². The Morgan fingerprint density at radius 2 is 1.73 bits per heavy atom. The molecule has 2 bridgehead atoms. The summed E-state index contributed by atoms with van der Waals surface area (Å²) < 4.78 is 33.8. The molecule has 2 rings (SSSR count). The Bertz CT molecular complexity index is 518. The summed E-state index contributed by atoms with van der Waals surface area (Å²) >= 11 is 0. The molecule has 5 nitrogen and oxygen atoms in total. The lowest BCUT2D eigenvalue weighted by Gasteiger charge is -2.37. The van der Waals surface area contributed by atoms with E-state index in [0.717, 1.165) is 10.9 Å². The van der Waals surface area contributed by atoms with Crippen molar-refractivity contribution in [3.8, 4) is 0 Å². The van der Waals surface area contributed by atoms with E-state index in [-0.39, 0.29) is 17.1 Å². The number of rotatable bonds is 4. The molecule has 0 N–H and O–H groups in total. The van der Waals surface area contributed by atoms with Gasteiger partial charge in [0.1, 0.15) is 5.78 Å². The quantitative estimate of drug-likeness (QED) is 0.583. The van der Waals surface area contributed by atoms with Crippen LogP contribution in [-0.2, 0) is 14.9 Å². The molecule has 2 aliphatic rings. The van der Waals surface area contributed by atoms with Gasteiger partial charge in [-0.15, -0.1) is 0 Å². The predicted molar refractivity (Wildman–Crippen MR) is 86.3 cm³/mol. The third-order valence-corrected chi connectivity index (χ3v) is 7.12. The molecule has 2 aliphatic carbocycles. The number of ketones is 1. The first-order valence-corrected chi connectivity index (χ1v) is 9.68. The third kappa shape index (κ3) is 3.71. The second kappa shape index (κ2) is 6.21. The maximum atomic E-state index is 11.8. The van der Waals surface area contributed by atoms with Crippen LogP contribution >= 0.6 is 0 Å². The van der Waals surface area contributed by atoms with Crippen molar-refractivity contribution in [3.63, 3.8) is 0 Å². The molecule has 0 spiro atoms. The molecule has 0 radical (unpaired) electrons. The highest BCUT2D eigenvalue weighted by atomic mass is 32.2. The maximum Gasteiger partial charge on any atom is 0.140 e. The van der Waals surface area contributed by atoms with Crippen LogP contribution in [0.25, 0.3) is 0 Å². The highest BCUT2D eigenvalue weighted by Crippen LogP contribution is 2.64. The fourth-order valence-electron chi connectivity index (χ4n) is 3.63. The van der Waals surface area contributed by atoms with Gasteiger partial charge in [0, 0.05) is 11.8 Å². The van der Waals surface area contributed by atoms with Crippen molar-refractivity contribution in [1.29, 1.82) is 0 Å². The van der Waals surface area contributed by atoms with E-state index >= 15 is 0 Å². The fourth-order valence-corrected chi connectivity index (χ4v) is 4.91. The molecule has 130 valence electrons. The molecular formula is C16H31NO4S. The Kier molecular flexibility index (Phi) is 5.53. The zero-order chi connectivity index (χ0) is 17.4. The second-order valence-electron chi connectivity index (χ2n) is 7.94.